The van der Waals surface area contributed by atoms with Crippen LogP contribution >= 0.6 is 0 Å². The third-order valence-electron chi connectivity index (χ3n) is 5.10. The van der Waals surface area contributed by atoms with Gasteiger partial charge in [-0.15, -0.1) is 0 Å². The van der Waals surface area contributed by atoms with E-state index < -0.39 is 10.0 Å². The van der Waals surface area contributed by atoms with Gasteiger partial charge in [0.05, 0.1) is 4.90 Å². The van der Waals surface area contributed by atoms with E-state index in [1.165, 1.54) is 4.31 Å². The van der Waals surface area contributed by atoms with Gasteiger partial charge in [0.15, 0.2) is 0 Å². The molecule has 0 spiro atoms. The van der Waals surface area contributed by atoms with Crippen LogP contribution in [0.15, 0.2) is 23.1 Å². The van der Waals surface area contributed by atoms with Crippen molar-refractivity contribution in [3.8, 4) is 0 Å². The molecular formula is C19H30N2O3S. The van der Waals surface area contributed by atoms with Crippen molar-refractivity contribution in [2.24, 2.45) is 5.92 Å². The lowest BCUT2D eigenvalue weighted by Gasteiger charge is -2.31. The van der Waals surface area contributed by atoms with E-state index in [0.717, 1.165) is 24.0 Å². The summed E-state index contributed by atoms with van der Waals surface area (Å²) in [6, 6.07) is 5.62. The minimum absolute atomic E-state index is 0.0669. The van der Waals surface area contributed by atoms with Gasteiger partial charge in [0, 0.05) is 25.0 Å². The smallest absolute Gasteiger partial charge is 0.243 e. The van der Waals surface area contributed by atoms with Crippen molar-refractivity contribution in [2.45, 2.75) is 64.3 Å². The Hall–Kier alpha value is -1.40. The van der Waals surface area contributed by atoms with Crippen LogP contribution in [0.4, 0.5) is 0 Å². The van der Waals surface area contributed by atoms with Crippen LogP contribution in [0.1, 0.15) is 50.7 Å². The van der Waals surface area contributed by atoms with Gasteiger partial charge in [0.2, 0.25) is 15.9 Å². The van der Waals surface area contributed by atoms with Crippen molar-refractivity contribution < 1.29 is 13.2 Å². The van der Waals surface area contributed by atoms with Crippen molar-refractivity contribution in [1.82, 2.24) is 9.62 Å². The zero-order chi connectivity index (χ0) is 18.6. The molecule has 0 unspecified atom stereocenters. The SMILES string of the molecule is CCC(CC)NC(=O)C1CCN(S(=O)(=O)c2ccc(C)cc2C)CC1. The molecule has 1 aliphatic heterocycles. The number of piperidine rings is 1. The fourth-order valence-electron chi connectivity index (χ4n) is 3.40. The fourth-order valence-corrected chi connectivity index (χ4v) is 5.07. The molecule has 1 aromatic rings. The Morgan fingerprint density at radius 1 is 1.20 bits per heavy atom. The average molecular weight is 367 g/mol. The highest BCUT2D eigenvalue weighted by atomic mass is 32.2. The van der Waals surface area contributed by atoms with E-state index in [0.29, 0.717) is 30.8 Å². The number of nitrogens with zero attached hydrogens (tertiary/aromatic N) is 1. The van der Waals surface area contributed by atoms with Crippen molar-refractivity contribution in [3.63, 3.8) is 0 Å². The highest BCUT2D eigenvalue weighted by molar-refractivity contribution is 7.89. The predicted octanol–water partition coefficient (Wildman–Crippen LogP) is 3.01. The van der Waals surface area contributed by atoms with Crippen LogP contribution in [-0.2, 0) is 14.8 Å². The summed E-state index contributed by atoms with van der Waals surface area (Å²) in [5.41, 5.74) is 1.82. The van der Waals surface area contributed by atoms with E-state index in [-0.39, 0.29) is 17.9 Å². The Balaban J connectivity index is 2.02. The monoisotopic (exact) mass is 366 g/mol. The van der Waals surface area contributed by atoms with Gasteiger partial charge in [-0.25, -0.2) is 8.42 Å². The molecule has 0 aromatic heterocycles. The first-order chi connectivity index (χ1) is 11.8. The second-order valence-corrected chi connectivity index (χ2v) is 8.88. The van der Waals surface area contributed by atoms with E-state index >= 15 is 0 Å². The van der Waals surface area contributed by atoms with E-state index in [2.05, 4.69) is 19.2 Å². The lowest BCUT2D eigenvalue weighted by Crippen LogP contribution is -2.45. The molecule has 140 valence electrons. The number of carbonyl (C=O) groups excluding carboxylic acids is 1. The minimum atomic E-state index is -3.49. The number of carbonyl (C=O) groups is 1. The molecule has 25 heavy (non-hydrogen) atoms. The summed E-state index contributed by atoms with van der Waals surface area (Å²) >= 11 is 0. The summed E-state index contributed by atoms with van der Waals surface area (Å²) < 4.78 is 27.3. The molecule has 6 heteroatoms. The summed E-state index contributed by atoms with van der Waals surface area (Å²) in [6.45, 7) is 8.71. The zero-order valence-corrected chi connectivity index (χ0v) is 16.5. The summed E-state index contributed by atoms with van der Waals surface area (Å²) in [6.07, 6.45) is 3.00. The Labute approximate surface area is 151 Å². The standard InChI is InChI=1S/C19H30N2O3S/c1-5-17(6-2)20-19(22)16-9-11-21(12-10-16)25(23,24)18-8-7-14(3)13-15(18)4/h7-8,13,16-17H,5-6,9-12H2,1-4H3,(H,20,22). The number of nitrogens with one attached hydrogen (secondary N) is 1. The molecule has 0 atom stereocenters. The van der Waals surface area contributed by atoms with E-state index in [1.807, 2.05) is 26.0 Å². The van der Waals surface area contributed by atoms with Crippen molar-refractivity contribution >= 4 is 15.9 Å². The predicted molar refractivity (Wildman–Crippen MR) is 99.9 cm³/mol. The quantitative estimate of drug-likeness (QED) is 0.841. The molecule has 1 amide bonds. The van der Waals surface area contributed by atoms with Crippen molar-refractivity contribution in [3.05, 3.63) is 29.3 Å². The lowest BCUT2D eigenvalue weighted by atomic mass is 9.96. The van der Waals surface area contributed by atoms with Crippen LogP contribution in [0.3, 0.4) is 0 Å². The first-order valence-corrected chi connectivity index (χ1v) is 10.6. The summed E-state index contributed by atoms with van der Waals surface area (Å²) in [4.78, 5) is 12.7. The summed E-state index contributed by atoms with van der Waals surface area (Å²) in [7, 11) is -3.49. The van der Waals surface area contributed by atoms with Gasteiger partial charge in [-0.05, 0) is 51.2 Å². The average Bonchev–Trinajstić information content (AvgIpc) is 2.59. The largest absolute Gasteiger partial charge is 0.353 e. The molecule has 2 rings (SSSR count). The van der Waals surface area contributed by atoms with Crippen LogP contribution < -0.4 is 5.32 Å². The molecule has 1 fully saturated rings. The van der Waals surface area contributed by atoms with Gasteiger partial charge in [-0.1, -0.05) is 31.5 Å². The molecular weight excluding hydrogens is 336 g/mol. The Morgan fingerprint density at radius 3 is 2.32 bits per heavy atom. The molecule has 1 heterocycles. The second kappa shape index (κ2) is 8.32. The van der Waals surface area contributed by atoms with Crippen LogP contribution in [0.5, 0.6) is 0 Å². The normalized spacial score (nSPS) is 17.0. The molecule has 0 saturated carbocycles. The van der Waals surface area contributed by atoms with Gasteiger partial charge in [0.25, 0.3) is 0 Å². The third-order valence-corrected chi connectivity index (χ3v) is 7.16. The first-order valence-electron chi connectivity index (χ1n) is 9.17. The maximum absolute atomic E-state index is 12.9. The number of hydrogen-bond donors (Lipinski definition) is 1. The van der Waals surface area contributed by atoms with Gasteiger partial charge in [-0.3, -0.25) is 4.79 Å². The molecule has 1 aliphatic rings. The Bertz CT molecular complexity index is 703. The van der Waals surface area contributed by atoms with E-state index in [4.69, 9.17) is 0 Å². The Kier molecular flexibility index (Phi) is 6.63. The van der Waals surface area contributed by atoms with Gasteiger partial charge >= 0.3 is 0 Å². The third kappa shape index (κ3) is 4.61. The van der Waals surface area contributed by atoms with E-state index in [9.17, 15) is 13.2 Å². The summed E-state index contributed by atoms with van der Waals surface area (Å²) in [5, 5.41) is 3.08. The van der Waals surface area contributed by atoms with Gasteiger partial charge in [0.1, 0.15) is 0 Å². The van der Waals surface area contributed by atoms with Gasteiger partial charge < -0.3 is 5.32 Å². The molecule has 5 nitrogen and oxygen atoms in total. The second-order valence-electron chi connectivity index (χ2n) is 6.97. The van der Waals surface area contributed by atoms with Crippen LogP contribution in [-0.4, -0.2) is 37.8 Å². The number of sulfonamides is 1. The lowest BCUT2D eigenvalue weighted by molar-refractivity contribution is -0.126. The molecule has 0 bridgehead atoms. The van der Waals surface area contributed by atoms with E-state index in [1.54, 1.807) is 6.07 Å². The maximum atomic E-state index is 12.9. The number of rotatable bonds is 6. The number of amides is 1. The zero-order valence-electron chi connectivity index (χ0n) is 15.7. The number of hydrogen-bond acceptors (Lipinski definition) is 3. The maximum Gasteiger partial charge on any atom is 0.243 e. The number of benzene rings is 1. The van der Waals surface area contributed by atoms with Crippen LogP contribution in [0.2, 0.25) is 0 Å². The fraction of sp³-hybridized carbons (Fsp3) is 0.632. The highest BCUT2D eigenvalue weighted by Gasteiger charge is 2.33. The van der Waals surface area contributed by atoms with Crippen molar-refractivity contribution in [1.29, 1.82) is 0 Å². The first kappa shape index (κ1) is 19.9. The van der Waals surface area contributed by atoms with Crippen molar-refractivity contribution in [2.75, 3.05) is 13.1 Å². The Morgan fingerprint density at radius 2 is 1.80 bits per heavy atom. The topological polar surface area (TPSA) is 66.5 Å². The molecule has 1 saturated heterocycles. The minimum Gasteiger partial charge on any atom is -0.353 e. The number of aryl methyl sites for hydroxylation is 2. The highest BCUT2D eigenvalue weighted by Crippen LogP contribution is 2.26. The van der Waals surface area contributed by atoms with Crippen LogP contribution in [0, 0.1) is 19.8 Å². The summed E-state index contributed by atoms with van der Waals surface area (Å²) in [5.74, 6) is -0.0246. The molecule has 1 N–H and O–H groups in total. The molecule has 0 radical (unpaired) electrons. The van der Waals surface area contributed by atoms with Crippen LogP contribution in [0.25, 0.3) is 0 Å². The molecule has 0 aliphatic carbocycles. The van der Waals surface area contributed by atoms with Gasteiger partial charge in [-0.2, -0.15) is 4.31 Å². The molecule has 1 aromatic carbocycles.